The Morgan fingerprint density at radius 2 is 2.00 bits per heavy atom. The highest BCUT2D eigenvalue weighted by atomic mass is 16.3. The molecule has 0 atom stereocenters. The molecule has 86 valence electrons. The molecule has 0 unspecified atom stereocenters. The lowest BCUT2D eigenvalue weighted by atomic mass is 10.1. The van der Waals surface area contributed by atoms with E-state index in [4.69, 9.17) is 0 Å². The summed E-state index contributed by atoms with van der Waals surface area (Å²) in [5, 5.41) is 23.1. The van der Waals surface area contributed by atoms with Gasteiger partial charge in [0.2, 0.25) is 0 Å². The average Bonchev–Trinajstić information content (AvgIpc) is 2.91. The second-order valence-corrected chi connectivity index (χ2v) is 4.60. The number of rotatable bonds is 1. The van der Waals surface area contributed by atoms with Crippen molar-refractivity contribution in [1.29, 1.82) is 0 Å². The molecule has 0 amide bonds. The highest BCUT2D eigenvalue weighted by Gasteiger charge is 2.25. The summed E-state index contributed by atoms with van der Waals surface area (Å²) in [6.45, 7) is 1.89. The average molecular weight is 228 g/mol. The van der Waals surface area contributed by atoms with Crippen molar-refractivity contribution in [2.24, 2.45) is 0 Å². The van der Waals surface area contributed by atoms with Gasteiger partial charge < -0.3 is 20.1 Å². The van der Waals surface area contributed by atoms with Crippen LogP contribution in [-0.2, 0) is 0 Å². The number of nitrogens with zero attached hydrogens (tertiary/aromatic N) is 1. The fourth-order valence-electron chi connectivity index (χ4n) is 2.57. The van der Waals surface area contributed by atoms with Gasteiger partial charge in [-0.05, 0) is 6.42 Å². The SMILES string of the molecule is Oc1cc(N2CC2)c(O)c2c3c([nH]c12)=CCC=3. The molecule has 4 rings (SSSR count). The van der Waals surface area contributed by atoms with Crippen molar-refractivity contribution in [3.8, 4) is 11.5 Å². The number of benzene rings is 1. The topological polar surface area (TPSA) is 59.3 Å². The quantitative estimate of drug-likeness (QED) is 0.488. The van der Waals surface area contributed by atoms with Gasteiger partial charge in [0.25, 0.3) is 0 Å². The molecule has 4 nitrogen and oxygen atoms in total. The number of phenolic OH excluding ortho intramolecular Hbond substituents is 2. The van der Waals surface area contributed by atoms with Crippen LogP contribution < -0.4 is 15.5 Å². The monoisotopic (exact) mass is 228 g/mol. The third-order valence-corrected chi connectivity index (χ3v) is 3.51. The first kappa shape index (κ1) is 8.98. The van der Waals surface area contributed by atoms with Gasteiger partial charge in [0.05, 0.1) is 16.6 Å². The zero-order chi connectivity index (χ0) is 11.6. The van der Waals surface area contributed by atoms with Crippen LogP contribution >= 0.6 is 0 Å². The van der Waals surface area contributed by atoms with E-state index < -0.39 is 0 Å². The summed E-state index contributed by atoms with van der Waals surface area (Å²) in [6.07, 6.45) is 5.01. The van der Waals surface area contributed by atoms with Crippen molar-refractivity contribution in [2.75, 3.05) is 18.0 Å². The molecule has 1 aliphatic carbocycles. The molecule has 2 aliphatic rings. The highest BCUT2D eigenvalue weighted by molar-refractivity contribution is 5.97. The van der Waals surface area contributed by atoms with Gasteiger partial charge in [-0.25, -0.2) is 0 Å². The van der Waals surface area contributed by atoms with Crippen LogP contribution in [0, 0.1) is 0 Å². The Hall–Kier alpha value is -2.10. The van der Waals surface area contributed by atoms with Crippen LogP contribution in [-0.4, -0.2) is 28.3 Å². The van der Waals surface area contributed by atoms with Crippen LogP contribution in [0.15, 0.2) is 6.07 Å². The second-order valence-electron chi connectivity index (χ2n) is 4.60. The van der Waals surface area contributed by atoms with Gasteiger partial charge in [0.1, 0.15) is 11.5 Å². The van der Waals surface area contributed by atoms with E-state index in [-0.39, 0.29) is 11.5 Å². The van der Waals surface area contributed by atoms with Crippen LogP contribution in [0.5, 0.6) is 11.5 Å². The minimum atomic E-state index is 0.205. The van der Waals surface area contributed by atoms with Crippen molar-refractivity contribution in [2.45, 2.75) is 6.42 Å². The number of H-pyrrole nitrogens is 1. The molecule has 17 heavy (non-hydrogen) atoms. The number of nitrogens with one attached hydrogen (secondary N) is 1. The Morgan fingerprint density at radius 3 is 2.76 bits per heavy atom. The summed E-state index contributed by atoms with van der Waals surface area (Å²) in [4.78, 5) is 5.19. The van der Waals surface area contributed by atoms with Crippen molar-refractivity contribution in [3.63, 3.8) is 0 Å². The highest BCUT2D eigenvalue weighted by Crippen LogP contribution is 2.40. The Morgan fingerprint density at radius 1 is 1.18 bits per heavy atom. The molecule has 1 aliphatic heterocycles. The molecule has 0 radical (unpaired) electrons. The number of phenols is 2. The summed E-state index contributed by atoms with van der Waals surface area (Å²) >= 11 is 0. The summed E-state index contributed by atoms with van der Waals surface area (Å²) in [5.41, 5.74) is 1.36. The number of aromatic amines is 1. The van der Waals surface area contributed by atoms with E-state index in [9.17, 15) is 10.2 Å². The smallest absolute Gasteiger partial charge is 0.149 e. The number of aromatic nitrogens is 1. The molecule has 1 aromatic heterocycles. The molecule has 0 saturated carbocycles. The van der Waals surface area contributed by atoms with E-state index in [1.54, 1.807) is 6.07 Å². The van der Waals surface area contributed by atoms with E-state index in [1.807, 2.05) is 4.90 Å². The number of anilines is 1. The lowest BCUT2D eigenvalue weighted by molar-refractivity contribution is 0.470. The Balaban J connectivity index is 2.22. The second kappa shape index (κ2) is 2.77. The molecule has 0 spiro atoms. The van der Waals surface area contributed by atoms with Gasteiger partial charge in [-0.2, -0.15) is 0 Å². The third-order valence-electron chi connectivity index (χ3n) is 3.51. The number of hydrogen-bond donors (Lipinski definition) is 3. The number of fused-ring (bicyclic) bond motifs is 3. The van der Waals surface area contributed by atoms with E-state index in [2.05, 4.69) is 17.1 Å². The maximum atomic E-state index is 10.3. The van der Waals surface area contributed by atoms with Crippen LogP contribution in [0.1, 0.15) is 6.42 Å². The Labute approximate surface area is 97.1 Å². The summed E-state index contributed by atoms with van der Waals surface area (Å²) in [6, 6.07) is 1.64. The number of aromatic hydroxyl groups is 2. The summed E-state index contributed by atoms with van der Waals surface area (Å²) in [7, 11) is 0. The first-order valence-electron chi connectivity index (χ1n) is 5.77. The predicted octanol–water partition coefficient (Wildman–Crippen LogP) is 0.364. The van der Waals surface area contributed by atoms with Gasteiger partial charge in [-0.15, -0.1) is 0 Å². The molecular weight excluding hydrogens is 216 g/mol. The fraction of sp³-hybridized carbons (Fsp3) is 0.231. The van der Waals surface area contributed by atoms with E-state index in [0.717, 1.165) is 41.2 Å². The van der Waals surface area contributed by atoms with Crippen molar-refractivity contribution in [1.82, 2.24) is 4.98 Å². The van der Waals surface area contributed by atoms with Crippen LogP contribution in [0.25, 0.3) is 23.1 Å². The van der Waals surface area contributed by atoms with E-state index in [0.29, 0.717) is 5.52 Å². The van der Waals surface area contributed by atoms with Gasteiger partial charge in [-0.3, -0.25) is 0 Å². The van der Waals surface area contributed by atoms with Gasteiger partial charge >= 0.3 is 0 Å². The molecule has 1 aromatic carbocycles. The van der Waals surface area contributed by atoms with Gasteiger partial charge in [0.15, 0.2) is 0 Å². The molecule has 2 heterocycles. The first-order chi connectivity index (χ1) is 8.25. The molecular formula is C13H12N2O2. The molecule has 3 N–H and O–H groups in total. The molecule has 1 fully saturated rings. The maximum Gasteiger partial charge on any atom is 0.149 e. The molecule has 2 aromatic rings. The minimum Gasteiger partial charge on any atom is -0.506 e. The third kappa shape index (κ3) is 1.07. The van der Waals surface area contributed by atoms with Crippen LogP contribution in [0.3, 0.4) is 0 Å². The Bertz CT molecular complexity index is 754. The summed E-state index contributed by atoms with van der Waals surface area (Å²) in [5.74, 6) is 0.482. The lowest BCUT2D eigenvalue weighted by Gasteiger charge is -2.08. The lowest BCUT2D eigenvalue weighted by Crippen LogP contribution is -2.18. The predicted molar refractivity (Wildman–Crippen MR) is 66.6 cm³/mol. The molecule has 4 heteroatoms. The summed E-state index contributed by atoms with van der Waals surface area (Å²) < 4.78 is 0. The zero-order valence-corrected chi connectivity index (χ0v) is 9.20. The van der Waals surface area contributed by atoms with Gasteiger partial charge in [0, 0.05) is 29.7 Å². The number of hydrogen-bond acceptors (Lipinski definition) is 3. The van der Waals surface area contributed by atoms with Crippen molar-refractivity contribution < 1.29 is 10.2 Å². The standard InChI is InChI=1S/C13H12N2O2/c16-10-6-9(15-4-5-15)13(17)11-7-2-1-3-8(7)14-12(10)11/h2-3,6,14,16-17H,1,4-5H2. The Kier molecular flexibility index (Phi) is 1.46. The van der Waals surface area contributed by atoms with Crippen molar-refractivity contribution in [3.05, 3.63) is 16.6 Å². The fourth-order valence-corrected chi connectivity index (χ4v) is 2.57. The molecule has 1 saturated heterocycles. The van der Waals surface area contributed by atoms with E-state index in [1.165, 1.54) is 0 Å². The normalized spacial score (nSPS) is 16.8. The largest absolute Gasteiger partial charge is 0.506 e. The van der Waals surface area contributed by atoms with Crippen LogP contribution in [0.4, 0.5) is 5.69 Å². The minimum absolute atomic E-state index is 0.205. The maximum absolute atomic E-state index is 10.3. The van der Waals surface area contributed by atoms with Gasteiger partial charge in [-0.1, -0.05) is 12.2 Å². The molecule has 0 bridgehead atoms. The first-order valence-corrected chi connectivity index (χ1v) is 5.77. The van der Waals surface area contributed by atoms with Crippen LogP contribution in [0.2, 0.25) is 0 Å². The van der Waals surface area contributed by atoms with E-state index >= 15 is 0 Å². The zero-order valence-electron chi connectivity index (χ0n) is 9.20. The van der Waals surface area contributed by atoms with Crippen molar-refractivity contribution >= 4 is 28.7 Å².